The van der Waals surface area contributed by atoms with Gasteiger partial charge in [-0.05, 0) is 75.2 Å². The standard InChI is InChI=1S/C18H24N2O3S/c1-12(2)19-15-6-8-16(9-7-15)20-24(21,22)18-11-14(4)13(3)10-17(18)23-5/h6-12,19-20H,1-5H3. The van der Waals surface area contributed by atoms with Gasteiger partial charge in [-0.1, -0.05) is 0 Å². The summed E-state index contributed by atoms with van der Waals surface area (Å²) in [7, 11) is -2.26. The highest BCUT2D eigenvalue weighted by molar-refractivity contribution is 7.92. The van der Waals surface area contributed by atoms with Crippen LogP contribution >= 0.6 is 0 Å². The van der Waals surface area contributed by atoms with Crippen molar-refractivity contribution in [3.8, 4) is 5.75 Å². The summed E-state index contributed by atoms with van der Waals surface area (Å²) in [6.45, 7) is 7.88. The summed E-state index contributed by atoms with van der Waals surface area (Å²) in [5, 5.41) is 3.26. The molecule has 0 aromatic heterocycles. The number of hydrogen-bond donors (Lipinski definition) is 2. The molecule has 0 atom stereocenters. The van der Waals surface area contributed by atoms with Crippen molar-refractivity contribution < 1.29 is 13.2 Å². The number of sulfonamides is 1. The molecule has 0 heterocycles. The van der Waals surface area contributed by atoms with E-state index in [-0.39, 0.29) is 4.90 Å². The molecule has 0 aliphatic carbocycles. The number of aryl methyl sites for hydroxylation is 2. The second kappa shape index (κ2) is 7.13. The Balaban J connectivity index is 2.30. The molecule has 2 aromatic rings. The third-order valence-corrected chi connectivity index (χ3v) is 5.06. The largest absolute Gasteiger partial charge is 0.495 e. The predicted molar refractivity (Wildman–Crippen MR) is 98.5 cm³/mol. The Morgan fingerprint density at radius 1 is 0.958 bits per heavy atom. The van der Waals surface area contributed by atoms with Crippen LogP contribution in [0.1, 0.15) is 25.0 Å². The number of methoxy groups -OCH3 is 1. The minimum atomic E-state index is -3.73. The van der Waals surface area contributed by atoms with E-state index in [1.54, 1.807) is 24.3 Å². The topological polar surface area (TPSA) is 67.4 Å². The summed E-state index contributed by atoms with van der Waals surface area (Å²) >= 11 is 0. The van der Waals surface area contributed by atoms with E-state index in [4.69, 9.17) is 4.74 Å². The smallest absolute Gasteiger partial charge is 0.265 e. The lowest BCUT2D eigenvalue weighted by Gasteiger charge is -2.15. The Labute approximate surface area is 144 Å². The third-order valence-electron chi connectivity index (χ3n) is 3.66. The first-order valence-electron chi connectivity index (χ1n) is 7.77. The average Bonchev–Trinajstić information content (AvgIpc) is 2.50. The molecule has 5 nitrogen and oxygen atoms in total. The highest BCUT2D eigenvalue weighted by Gasteiger charge is 2.20. The molecule has 0 bridgehead atoms. The summed E-state index contributed by atoms with van der Waals surface area (Å²) in [5.41, 5.74) is 3.32. The first-order chi connectivity index (χ1) is 11.2. The Morgan fingerprint density at radius 3 is 2.04 bits per heavy atom. The summed E-state index contributed by atoms with van der Waals surface area (Å²) < 4.78 is 33.2. The van der Waals surface area contributed by atoms with Crippen LogP contribution < -0.4 is 14.8 Å². The van der Waals surface area contributed by atoms with E-state index in [9.17, 15) is 8.42 Å². The van der Waals surface area contributed by atoms with Gasteiger partial charge in [-0.25, -0.2) is 8.42 Å². The van der Waals surface area contributed by atoms with Crippen molar-refractivity contribution in [2.24, 2.45) is 0 Å². The van der Waals surface area contributed by atoms with Crippen molar-refractivity contribution in [1.82, 2.24) is 0 Å². The van der Waals surface area contributed by atoms with Gasteiger partial charge in [0.15, 0.2) is 0 Å². The second-order valence-corrected chi connectivity index (χ2v) is 7.72. The Hall–Kier alpha value is -2.21. The monoisotopic (exact) mass is 348 g/mol. The maximum absolute atomic E-state index is 12.7. The fourth-order valence-corrected chi connectivity index (χ4v) is 3.61. The molecule has 6 heteroatoms. The lowest BCUT2D eigenvalue weighted by atomic mass is 10.1. The minimum absolute atomic E-state index is 0.137. The summed E-state index contributed by atoms with van der Waals surface area (Å²) in [4.78, 5) is 0.137. The van der Waals surface area contributed by atoms with Gasteiger partial charge in [-0.15, -0.1) is 0 Å². The number of rotatable bonds is 6. The number of ether oxygens (including phenoxy) is 1. The van der Waals surface area contributed by atoms with Gasteiger partial charge in [0.2, 0.25) is 0 Å². The molecule has 24 heavy (non-hydrogen) atoms. The lowest BCUT2D eigenvalue weighted by Crippen LogP contribution is -2.15. The van der Waals surface area contributed by atoms with Crippen LogP contribution in [0.2, 0.25) is 0 Å². The van der Waals surface area contributed by atoms with Crippen LogP contribution in [0, 0.1) is 13.8 Å². The van der Waals surface area contributed by atoms with Gasteiger partial charge in [-0.2, -0.15) is 0 Å². The van der Waals surface area contributed by atoms with Gasteiger partial charge >= 0.3 is 0 Å². The van der Waals surface area contributed by atoms with Crippen LogP contribution in [-0.4, -0.2) is 21.6 Å². The molecule has 0 aliphatic heterocycles. The molecule has 0 aliphatic rings. The van der Waals surface area contributed by atoms with Crippen molar-refractivity contribution in [3.63, 3.8) is 0 Å². The van der Waals surface area contributed by atoms with Gasteiger partial charge < -0.3 is 10.1 Å². The number of benzene rings is 2. The summed E-state index contributed by atoms with van der Waals surface area (Å²) in [5.74, 6) is 0.337. The predicted octanol–water partition coefficient (Wildman–Crippen LogP) is 3.93. The zero-order valence-electron chi connectivity index (χ0n) is 14.7. The van der Waals surface area contributed by atoms with Crippen molar-refractivity contribution in [1.29, 1.82) is 0 Å². The Kier molecular flexibility index (Phi) is 5.39. The van der Waals surface area contributed by atoms with Crippen LogP contribution in [0.3, 0.4) is 0 Å². The summed E-state index contributed by atoms with van der Waals surface area (Å²) in [6, 6.07) is 10.8. The fourth-order valence-electron chi connectivity index (χ4n) is 2.31. The fraction of sp³-hybridized carbons (Fsp3) is 0.333. The molecular weight excluding hydrogens is 324 g/mol. The normalized spacial score (nSPS) is 11.4. The van der Waals surface area contributed by atoms with Crippen LogP contribution in [0.15, 0.2) is 41.3 Å². The Morgan fingerprint density at radius 2 is 1.50 bits per heavy atom. The van der Waals surface area contributed by atoms with E-state index >= 15 is 0 Å². The van der Waals surface area contributed by atoms with Gasteiger partial charge in [-0.3, -0.25) is 4.72 Å². The molecule has 2 aromatic carbocycles. The molecule has 0 unspecified atom stereocenters. The minimum Gasteiger partial charge on any atom is -0.495 e. The zero-order valence-corrected chi connectivity index (χ0v) is 15.5. The third kappa shape index (κ3) is 4.20. The van der Waals surface area contributed by atoms with Crippen molar-refractivity contribution >= 4 is 21.4 Å². The SMILES string of the molecule is COc1cc(C)c(C)cc1S(=O)(=O)Nc1ccc(NC(C)C)cc1. The van der Waals surface area contributed by atoms with E-state index < -0.39 is 10.0 Å². The van der Waals surface area contributed by atoms with Crippen LogP contribution in [0.5, 0.6) is 5.75 Å². The molecule has 0 saturated carbocycles. The maximum atomic E-state index is 12.7. The molecule has 0 spiro atoms. The van der Waals surface area contributed by atoms with Crippen molar-refractivity contribution in [2.75, 3.05) is 17.1 Å². The van der Waals surface area contributed by atoms with Crippen LogP contribution in [-0.2, 0) is 10.0 Å². The number of nitrogens with one attached hydrogen (secondary N) is 2. The number of hydrogen-bond acceptors (Lipinski definition) is 4. The lowest BCUT2D eigenvalue weighted by molar-refractivity contribution is 0.402. The van der Waals surface area contributed by atoms with Gasteiger partial charge in [0.25, 0.3) is 10.0 Å². The van der Waals surface area contributed by atoms with Gasteiger partial charge in [0.05, 0.1) is 7.11 Å². The van der Waals surface area contributed by atoms with Crippen LogP contribution in [0.4, 0.5) is 11.4 Å². The molecular formula is C18H24N2O3S. The molecule has 130 valence electrons. The average molecular weight is 348 g/mol. The summed E-state index contributed by atoms with van der Waals surface area (Å²) in [6.07, 6.45) is 0. The van der Waals surface area contributed by atoms with E-state index in [0.717, 1.165) is 16.8 Å². The second-order valence-electron chi connectivity index (χ2n) is 6.07. The molecule has 2 rings (SSSR count). The van der Waals surface area contributed by atoms with Gasteiger partial charge in [0, 0.05) is 17.4 Å². The van der Waals surface area contributed by atoms with Gasteiger partial charge in [0.1, 0.15) is 10.6 Å². The van der Waals surface area contributed by atoms with Crippen LogP contribution in [0.25, 0.3) is 0 Å². The number of anilines is 2. The quantitative estimate of drug-likeness (QED) is 0.830. The molecule has 0 saturated heterocycles. The zero-order chi connectivity index (χ0) is 17.9. The van der Waals surface area contributed by atoms with E-state index in [1.807, 2.05) is 39.8 Å². The highest BCUT2D eigenvalue weighted by Crippen LogP contribution is 2.29. The highest BCUT2D eigenvalue weighted by atomic mass is 32.2. The Bertz CT molecular complexity index is 813. The molecule has 2 N–H and O–H groups in total. The van der Waals surface area contributed by atoms with E-state index in [2.05, 4.69) is 10.0 Å². The van der Waals surface area contributed by atoms with E-state index in [0.29, 0.717) is 17.5 Å². The molecule has 0 radical (unpaired) electrons. The molecule has 0 fully saturated rings. The van der Waals surface area contributed by atoms with E-state index in [1.165, 1.54) is 7.11 Å². The maximum Gasteiger partial charge on any atom is 0.265 e. The van der Waals surface area contributed by atoms with Crippen molar-refractivity contribution in [3.05, 3.63) is 47.5 Å². The first kappa shape index (κ1) is 18.1. The first-order valence-corrected chi connectivity index (χ1v) is 9.26. The van der Waals surface area contributed by atoms with Crippen molar-refractivity contribution in [2.45, 2.75) is 38.6 Å². The molecule has 0 amide bonds.